The van der Waals surface area contributed by atoms with Gasteiger partial charge in [-0.2, -0.15) is 0 Å². The van der Waals surface area contributed by atoms with Crippen LogP contribution in [-0.2, 0) is 6.42 Å². The van der Waals surface area contributed by atoms with E-state index in [2.05, 4.69) is 16.7 Å². The van der Waals surface area contributed by atoms with Gasteiger partial charge in [0.2, 0.25) is 0 Å². The molecule has 0 aliphatic heterocycles. The van der Waals surface area contributed by atoms with Gasteiger partial charge in [-0.1, -0.05) is 17.7 Å². The Hall–Kier alpha value is -1.17. The molecule has 6 heteroatoms. The highest BCUT2D eigenvalue weighted by Crippen LogP contribution is 2.19. The largest absolute Gasteiger partial charge is 0.362 e. The Morgan fingerprint density at radius 3 is 2.89 bits per heavy atom. The van der Waals surface area contributed by atoms with Gasteiger partial charge < -0.3 is 10.6 Å². The van der Waals surface area contributed by atoms with Crippen LogP contribution in [0.3, 0.4) is 0 Å². The molecule has 0 amide bonds. The Bertz CT molecular complexity index is 558. The molecule has 0 aliphatic carbocycles. The van der Waals surface area contributed by atoms with E-state index in [1.54, 1.807) is 17.4 Å². The SMILES string of the molecule is Fc1ccc(NC(=S)NCCc2cccs2)cc1Cl. The second kappa shape index (κ2) is 6.84. The van der Waals surface area contributed by atoms with Crippen LogP contribution in [0.5, 0.6) is 0 Å². The number of halogens is 2. The van der Waals surface area contributed by atoms with Gasteiger partial charge in [0.15, 0.2) is 5.11 Å². The van der Waals surface area contributed by atoms with Gasteiger partial charge >= 0.3 is 0 Å². The molecule has 100 valence electrons. The van der Waals surface area contributed by atoms with E-state index in [1.807, 2.05) is 11.4 Å². The Kier molecular flexibility index (Phi) is 5.13. The fourth-order valence-electron chi connectivity index (χ4n) is 1.50. The molecule has 2 N–H and O–H groups in total. The number of benzene rings is 1. The number of thiophene rings is 1. The van der Waals surface area contributed by atoms with Gasteiger partial charge in [-0.25, -0.2) is 4.39 Å². The highest BCUT2D eigenvalue weighted by Gasteiger charge is 2.02. The quantitative estimate of drug-likeness (QED) is 0.832. The fourth-order valence-corrected chi connectivity index (χ4v) is 2.61. The van der Waals surface area contributed by atoms with E-state index in [4.69, 9.17) is 23.8 Å². The normalized spacial score (nSPS) is 10.2. The molecule has 0 saturated heterocycles. The molecule has 0 aliphatic rings. The number of rotatable bonds is 4. The van der Waals surface area contributed by atoms with Crippen molar-refractivity contribution in [2.24, 2.45) is 0 Å². The first-order chi connectivity index (χ1) is 9.15. The Morgan fingerprint density at radius 1 is 1.37 bits per heavy atom. The van der Waals surface area contributed by atoms with Crippen LogP contribution in [0, 0.1) is 5.82 Å². The fraction of sp³-hybridized carbons (Fsp3) is 0.154. The average Bonchev–Trinajstić information content (AvgIpc) is 2.87. The molecule has 0 spiro atoms. The van der Waals surface area contributed by atoms with Crippen LogP contribution < -0.4 is 10.6 Å². The van der Waals surface area contributed by atoms with Crippen LogP contribution in [0.15, 0.2) is 35.7 Å². The minimum absolute atomic E-state index is 0.0754. The number of hydrogen-bond acceptors (Lipinski definition) is 2. The summed E-state index contributed by atoms with van der Waals surface area (Å²) < 4.78 is 13.0. The van der Waals surface area contributed by atoms with E-state index in [0.717, 1.165) is 13.0 Å². The summed E-state index contributed by atoms with van der Waals surface area (Å²) in [4.78, 5) is 1.31. The maximum Gasteiger partial charge on any atom is 0.170 e. The minimum Gasteiger partial charge on any atom is -0.362 e. The molecular weight excluding hydrogens is 303 g/mol. The van der Waals surface area contributed by atoms with Gasteiger partial charge in [-0.15, -0.1) is 11.3 Å². The predicted octanol–water partition coefficient (Wildman–Crippen LogP) is 4.07. The second-order valence-electron chi connectivity index (χ2n) is 3.84. The Balaban J connectivity index is 1.79. The smallest absolute Gasteiger partial charge is 0.170 e. The molecule has 0 unspecified atom stereocenters. The minimum atomic E-state index is -0.441. The van der Waals surface area contributed by atoms with Crippen LogP contribution in [0.25, 0.3) is 0 Å². The van der Waals surface area contributed by atoms with Crippen molar-refractivity contribution in [2.45, 2.75) is 6.42 Å². The molecule has 0 radical (unpaired) electrons. The summed E-state index contributed by atoms with van der Waals surface area (Å²) in [6, 6.07) is 8.51. The lowest BCUT2D eigenvalue weighted by atomic mass is 10.3. The van der Waals surface area contributed by atoms with Crippen molar-refractivity contribution >= 4 is 46.0 Å². The van der Waals surface area contributed by atoms with Crippen LogP contribution in [0.2, 0.25) is 5.02 Å². The molecule has 0 bridgehead atoms. The van der Waals surface area contributed by atoms with Crippen molar-refractivity contribution in [1.29, 1.82) is 0 Å². The lowest BCUT2D eigenvalue weighted by Crippen LogP contribution is -2.30. The van der Waals surface area contributed by atoms with Crippen LogP contribution in [0.1, 0.15) is 4.88 Å². The monoisotopic (exact) mass is 314 g/mol. The number of hydrogen-bond donors (Lipinski definition) is 2. The van der Waals surface area contributed by atoms with Crippen LogP contribution in [-0.4, -0.2) is 11.7 Å². The van der Waals surface area contributed by atoms with Crippen molar-refractivity contribution in [1.82, 2.24) is 5.32 Å². The number of nitrogens with one attached hydrogen (secondary N) is 2. The molecule has 1 heterocycles. The maximum atomic E-state index is 13.0. The van der Waals surface area contributed by atoms with E-state index in [1.165, 1.54) is 17.0 Å². The molecule has 1 aromatic carbocycles. The van der Waals surface area contributed by atoms with E-state index < -0.39 is 5.82 Å². The van der Waals surface area contributed by atoms with Gasteiger partial charge in [-0.3, -0.25) is 0 Å². The summed E-state index contributed by atoms with van der Waals surface area (Å²) in [5.41, 5.74) is 0.667. The van der Waals surface area contributed by atoms with Crippen molar-refractivity contribution < 1.29 is 4.39 Å². The molecule has 0 saturated carbocycles. The highest BCUT2D eigenvalue weighted by atomic mass is 35.5. The topological polar surface area (TPSA) is 24.1 Å². The van der Waals surface area contributed by atoms with Crippen molar-refractivity contribution in [3.63, 3.8) is 0 Å². The lowest BCUT2D eigenvalue weighted by Gasteiger charge is -2.10. The molecule has 2 aromatic rings. The first-order valence-electron chi connectivity index (χ1n) is 5.67. The van der Waals surface area contributed by atoms with Gasteiger partial charge in [-0.05, 0) is 48.3 Å². The Morgan fingerprint density at radius 2 is 2.21 bits per heavy atom. The molecular formula is C13H12ClFN2S2. The molecule has 2 nitrogen and oxygen atoms in total. The summed E-state index contributed by atoms with van der Waals surface area (Å²) in [6.07, 6.45) is 0.920. The van der Waals surface area contributed by atoms with Crippen LogP contribution >= 0.6 is 35.2 Å². The first kappa shape index (κ1) is 14.2. The molecule has 2 rings (SSSR count). The zero-order chi connectivity index (χ0) is 13.7. The van der Waals surface area contributed by atoms with E-state index >= 15 is 0 Å². The van der Waals surface area contributed by atoms with E-state index in [-0.39, 0.29) is 5.02 Å². The molecule has 19 heavy (non-hydrogen) atoms. The van der Waals surface area contributed by atoms with E-state index in [0.29, 0.717) is 10.8 Å². The third-order valence-electron chi connectivity index (χ3n) is 2.41. The average molecular weight is 315 g/mol. The summed E-state index contributed by atoms with van der Waals surface area (Å²) in [5.74, 6) is -0.441. The molecule has 0 fully saturated rings. The van der Waals surface area contributed by atoms with Gasteiger partial charge in [0.25, 0.3) is 0 Å². The maximum absolute atomic E-state index is 13.0. The second-order valence-corrected chi connectivity index (χ2v) is 5.69. The third kappa shape index (κ3) is 4.45. The van der Waals surface area contributed by atoms with Gasteiger partial charge in [0, 0.05) is 17.1 Å². The number of thiocarbonyl (C=S) groups is 1. The summed E-state index contributed by atoms with van der Waals surface area (Å²) in [5, 5.41) is 8.68. The molecule has 1 aromatic heterocycles. The van der Waals surface area contributed by atoms with Crippen LogP contribution in [0.4, 0.5) is 10.1 Å². The standard InChI is InChI=1S/C13H12ClFN2S2/c14-11-8-9(3-4-12(11)15)17-13(18)16-6-5-10-2-1-7-19-10/h1-4,7-8H,5-6H2,(H2,16,17,18). The van der Waals surface area contributed by atoms with Gasteiger partial charge in [0.1, 0.15) is 5.82 Å². The van der Waals surface area contributed by atoms with Crippen molar-refractivity contribution in [3.05, 3.63) is 51.4 Å². The van der Waals surface area contributed by atoms with Gasteiger partial charge in [0.05, 0.1) is 5.02 Å². The summed E-state index contributed by atoms with van der Waals surface area (Å²) in [6.45, 7) is 0.751. The van der Waals surface area contributed by atoms with Crippen molar-refractivity contribution in [2.75, 3.05) is 11.9 Å². The zero-order valence-electron chi connectivity index (χ0n) is 9.95. The van der Waals surface area contributed by atoms with Crippen molar-refractivity contribution in [3.8, 4) is 0 Å². The summed E-state index contributed by atoms with van der Waals surface area (Å²) >= 11 is 12.6. The summed E-state index contributed by atoms with van der Waals surface area (Å²) in [7, 11) is 0. The van der Waals surface area contributed by atoms with E-state index in [9.17, 15) is 4.39 Å². The zero-order valence-corrected chi connectivity index (χ0v) is 12.3. The predicted molar refractivity (Wildman–Crippen MR) is 83.7 cm³/mol. The number of anilines is 1. The third-order valence-corrected chi connectivity index (χ3v) is 3.89. The molecule has 0 atom stereocenters. The first-order valence-corrected chi connectivity index (χ1v) is 7.34. The lowest BCUT2D eigenvalue weighted by molar-refractivity contribution is 0.628. The Labute approximate surface area is 125 Å². The highest BCUT2D eigenvalue weighted by molar-refractivity contribution is 7.80.